The monoisotopic (exact) mass is 438 g/mol. The molecule has 1 unspecified atom stereocenters. The van der Waals surface area contributed by atoms with Gasteiger partial charge in [0, 0.05) is 16.5 Å². The van der Waals surface area contributed by atoms with Crippen LogP contribution in [0.25, 0.3) is 34.7 Å². The highest BCUT2D eigenvalue weighted by Gasteiger charge is 2.17. The summed E-state index contributed by atoms with van der Waals surface area (Å²) in [4.78, 5) is 5.16. The molecule has 0 saturated heterocycles. The molecule has 34 heavy (non-hydrogen) atoms. The van der Waals surface area contributed by atoms with Gasteiger partial charge in [0.25, 0.3) is 0 Å². The maximum atomic E-state index is 5.16. The molecule has 0 radical (unpaired) electrons. The fourth-order valence-electron chi connectivity index (χ4n) is 4.39. The molecule has 1 heterocycles. The molecule has 0 bridgehead atoms. The highest BCUT2D eigenvalue weighted by Crippen LogP contribution is 2.30. The van der Waals surface area contributed by atoms with E-state index >= 15 is 0 Å². The smallest absolute Gasteiger partial charge is 0.0940 e. The number of fused-ring (bicyclic) bond motifs is 1. The lowest BCUT2D eigenvalue weighted by Gasteiger charge is -2.21. The summed E-state index contributed by atoms with van der Waals surface area (Å²) in [6, 6.07) is 37.5. The SMILES string of the molecule is C=C/C=c1/c(NC(c2ccccc2)c2cccc(-c3cccc4ccccc34)n2)cccc1=C. The van der Waals surface area contributed by atoms with Crippen molar-refractivity contribution >= 4 is 29.1 Å². The van der Waals surface area contributed by atoms with Crippen molar-refractivity contribution < 1.29 is 0 Å². The Morgan fingerprint density at radius 2 is 1.47 bits per heavy atom. The average molecular weight is 439 g/mol. The largest absolute Gasteiger partial charge is 0.372 e. The summed E-state index contributed by atoms with van der Waals surface area (Å²) in [7, 11) is 0. The fourth-order valence-corrected chi connectivity index (χ4v) is 4.39. The minimum absolute atomic E-state index is 0.130. The standard InChI is InChI=1S/C32H26N2/c1-3-12-26-23(2)13-9-20-29(26)34-32(25-15-5-4-6-16-25)31-22-11-21-30(33-31)28-19-10-17-24-14-7-8-18-27(24)28/h3-22,32,34H,1-2H2/b26-12+. The van der Waals surface area contributed by atoms with Crippen LogP contribution in [0, 0.1) is 0 Å². The van der Waals surface area contributed by atoms with Gasteiger partial charge in [-0.25, -0.2) is 0 Å². The van der Waals surface area contributed by atoms with Crippen LogP contribution in [-0.4, -0.2) is 4.98 Å². The maximum Gasteiger partial charge on any atom is 0.0940 e. The molecule has 2 heteroatoms. The molecule has 0 fully saturated rings. The van der Waals surface area contributed by atoms with Crippen LogP contribution >= 0.6 is 0 Å². The van der Waals surface area contributed by atoms with E-state index in [0.29, 0.717) is 0 Å². The number of hydrogen-bond donors (Lipinski definition) is 1. The molecule has 0 aliphatic rings. The summed E-state index contributed by atoms with van der Waals surface area (Å²) < 4.78 is 0. The Kier molecular flexibility index (Phi) is 6.05. The van der Waals surface area contributed by atoms with Gasteiger partial charge >= 0.3 is 0 Å². The van der Waals surface area contributed by atoms with E-state index in [1.54, 1.807) is 6.08 Å². The van der Waals surface area contributed by atoms with E-state index in [2.05, 4.69) is 109 Å². The summed E-state index contributed by atoms with van der Waals surface area (Å²) in [5.74, 6) is 0. The van der Waals surface area contributed by atoms with E-state index in [4.69, 9.17) is 4.98 Å². The molecule has 0 saturated carbocycles. The van der Waals surface area contributed by atoms with Gasteiger partial charge in [0.15, 0.2) is 0 Å². The Morgan fingerprint density at radius 1 is 0.735 bits per heavy atom. The molecule has 5 aromatic rings. The predicted molar refractivity (Wildman–Crippen MR) is 145 cm³/mol. The van der Waals surface area contributed by atoms with Crippen LogP contribution in [0.4, 0.5) is 5.69 Å². The molecule has 1 atom stereocenters. The van der Waals surface area contributed by atoms with Gasteiger partial charge in [-0.15, -0.1) is 0 Å². The van der Waals surface area contributed by atoms with E-state index in [1.165, 1.54) is 10.8 Å². The number of aromatic nitrogens is 1. The molecule has 1 aromatic heterocycles. The number of benzene rings is 4. The summed E-state index contributed by atoms with van der Waals surface area (Å²) in [5, 5.41) is 8.13. The number of pyridine rings is 1. The predicted octanol–water partition coefficient (Wildman–Crippen LogP) is 6.48. The summed E-state index contributed by atoms with van der Waals surface area (Å²) in [6.45, 7) is 8.08. The third-order valence-electron chi connectivity index (χ3n) is 6.05. The summed E-state index contributed by atoms with van der Waals surface area (Å²) in [6.07, 6.45) is 3.79. The van der Waals surface area contributed by atoms with Crippen molar-refractivity contribution in [1.82, 2.24) is 4.98 Å². The van der Waals surface area contributed by atoms with Crippen LogP contribution in [-0.2, 0) is 0 Å². The zero-order chi connectivity index (χ0) is 23.3. The first kappa shape index (κ1) is 21.4. The highest BCUT2D eigenvalue weighted by atomic mass is 15.0. The minimum atomic E-state index is -0.130. The highest BCUT2D eigenvalue weighted by molar-refractivity contribution is 5.95. The van der Waals surface area contributed by atoms with Crippen LogP contribution in [0.15, 0.2) is 122 Å². The minimum Gasteiger partial charge on any atom is -0.372 e. The number of rotatable bonds is 6. The number of anilines is 1. The molecule has 0 spiro atoms. The van der Waals surface area contributed by atoms with Gasteiger partial charge < -0.3 is 5.32 Å². The summed E-state index contributed by atoms with van der Waals surface area (Å²) in [5.41, 5.74) is 5.19. The number of nitrogens with zero attached hydrogens (tertiary/aromatic N) is 1. The molecule has 164 valence electrons. The van der Waals surface area contributed by atoms with E-state index in [-0.39, 0.29) is 6.04 Å². The molecule has 0 aliphatic carbocycles. The second kappa shape index (κ2) is 9.60. The third kappa shape index (κ3) is 4.26. The molecule has 4 aromatic carbocycles. The third-order valence-corrected chi connectivity index (χ3v) is 6.05. The van der Waals surface area contributed by atoms with E-state index < -0.39 is 0 Å². The molecule has 2 nitrogen and oxygen atoms in total. The van der Waals surface area contributed by atoms with Gasteiger partial charge in [0.2, 0.25) is 0 Å². The molecule has 0 aliphatic heterocycles. The quantitative estimate of drug-likeness (QED) is 0.328. The van der Waals surface area contributed by atoms with Crippen LogP contribution in [0.5, 0.6) is 0 Å². The lowest BCUT2D eigenvalue weighted by atomic mass is 9.99. The Labute approximate surface area is 200 Å². The van der Waals surface area contributed by atoms with Crippen LogP contribution < -0.4 is 15.8 Å². The first-order chi connectivity index (χ1) is 16.7. The normalized spacial score (nSPS) is 12.4. The van der Waals surface area contributed by atoms with Crippen molar-refractivity contribution in [2.75, 3.05) is 5.32 Å². The van der Waals surface area contributed by atoms with Crippen molar-refractivity contribution in [3.8, 4) is 11.3 Å². The number of nitrogens with one attached hydrogen (secondary N) is 1. The van der Waals surface area contributed by atoms with Gasteiger partial charge in [-0.3, -0.25) is 4.98 Å². The van der Waals surface area contributed by atoms with Gasteiger partial charge in [-0.2, -0.15) is 0 Å². The van der Waals surface area contributed by atoms with Gasteiger partial charge in [0.1, 0.15) is 0 Å². The first-order valence-electron chi connectivity index (χ1n) is 11.4. The second-order valence-electron chi connectivity index (χ2n) is 8.24. The van der Waals surface area contributed by atoms with E-state index in [0.717, 1.165) is 38.6 Å². The van der Waals surface area contributed by atoms with Crippen molar-refractivity contribution in [3.05, 3.63) is 144 Å². The van der Waals surface area contributed by atoms with Gasteiger partial charge in [-0.05, 0) is 39.8 Å². The van der Waals surface area contributed by atoms with Crippen molar-refractivity contribution in [1.29, 1.82) is 0 Å². The average Bonchev–Trinajstić information content (AvgIpc) is 2.89. The molecule has 5 rings (SSSR count). The zero-order valence-corrected chi connectivity index (χ0v) is 19.0. The molecule has 0 amide bonds. The van der Waals surface area contributed by atoms with Crippen molar-refractivity contribution in [2.24, 2.45) is 0 Å². The topological polar surface area (TPSA) is 24.9 Å². The first-order valence-corrected chi connectivity index (χ1v) is 11.4. The maximum absolute atomic E-state index is 5.16. The van der Waals surface area contributed by atoms with Crippen LogP contribution in [0.2, 0.25) is 0 Å². The van der Waals surface area contributed by atoms with Gasteiger partial charge in [0.05, 0.1) is 17.4 Å². The Balaban J connectivity index is 1.65. The van der Waals surface area contributed by atoms with Gasteiger partial charge in [-0.1, -0.05) is 116 Å². The molecular weight excluding hydrogens is 412 g/mol. The lowest BCUT2D eigenvalue weighted by Crippen LogP contribution is -2.28. The zero-order valence-electron chi connectivity index (χ0n) is 19.0. The Morgan fingerprint density at radius 3 is 2.32 bits per heavy atom. The van der Waals surface area contributed by atoms with Crippen LogP contribution in [0.1, 0.15) is 17.3 Å². The number of hydrogen-bond acceptors (Lipinski definition) is 2. The Hall–Kier alpha value is -4.43. The number of allylic oxidation sites excluding steroid dienone is 1. The Bertz CT molecular complexity index is 1560. The van der Waals surface area contributed by atoms with E-state index in [1.807, 2.05) is 24.3 Å². The summed E-state index contributed by atoms with van der Waals surface area (Å²) >= 11 is 0. The fraction of sp³-hybridized carbons (Fsp3) is 0.0312. The molecule has 1 N–H and O–H groups in total. The molecular formula is C32H26N2. The van der Waals surface area contributed by atoms with Crippen LogP contribution in [0.3, 0.4) is 0 Å². The van der Waals surface area contributed by atoms with Crippen molar-refractivity contribution in [2.45, 2.75) is 6.04 Å². The van der Waals surface area contributed by atoms with E-state index in [9.17, 15) is 0 Å². The second-order valence-corrected chi connectivity index (χ2v) is 8.24. The lowest BCUT2D eigenvalue weighted by molar-refractivity contribution is 0.887. The van der Waals surface area contributed by atoms with Crippen molar-refractivity contribution in [3.63, 3.8) is 0 Å².